The molecule has 19 heavy (non-hydrogen) atoms. The first-order valence-corrected chi connectivity index (χ1v) is 7.33. The maximum atomic E-state index is 12.6. The van der Waals surface area contributed by atoms with Gasteiger partial charge in [0, 0.05) is 31.7 Å². The van der Waals surface area contributed by atoms with Gasteiger partial charge in [-0.05, 0) is 24.6 Å². The van der Waals surface area contributed by atoms with Gasteiger partial charge in [0.2, 0.25) is 0 Å². The van der Waals surface area contributed by atoms with Gasteiger partial charge in [-0.25, -0.2) is 0 Å². The van der Waals surface area contributed by atoms with E-state index < -0.39 is 0 Å². The number of Topliss-reactive ketones (excluding diaryl/α,β-unsaturated/α-hetero) is 1. The lowest BCUT2D eigenvalue weighted by Crippen LogP contribution is -2.51. The molecule has 1 saturated heterocycles. The Balaban J connectivity index is 2.17. The summed E-state index contributed by atoms with van der Waals surface area (Å²) in [6.07, 6.45) is 0.805. The third-order valence-electron chi connectivity index (χ3n) is 3.49. The molecule has 1 heterocycles. The van der Waals surface area contributed by atoms with Crippen LogP contribution in [0.4, 0.5) is 0 Å². The molecule has 1 unspecified atom stereocenters. The zero-order chi connectivity index (χ0) is 13.8. The predicted molar refractivity (Wildman–Crippen MR) is 79.3 cm³/mol. The predicted octanol–water partition coefficient (Wildman–Crippen LogP) is 2.86. The number of hydrogen-bond acceptors (Lipinski definition) is 3. The molecule has 0 spiro atoms. The first kappa shape index (κ1) is 14.8. The van der Waals surface area contributed by atoms with Crippen LogP contribution in [0.15, 0.2) is 18.2 Å². The zero-order valence-electron chi connectivity index (χ0n) is 11.0. The first-order chi connectivity index (χ1) is 9.13. The van der Waals surface area contributed by atoms with Crippen LogP contribution in [-0.4, -0.2) is 42.9 Å². The van der Waals surface area contributed by atoms with Crippen LogP contribution in [0.3, 0.4) is 0 Å². The highest BCUT2D eigenvalue weighted by atomic mass is 35.5. The average molecular weight is 301 g/mol. The second kappa shape index (κ2) is 6.71. The lowest BCUT2D eigenvalue weighted by atomic mass is 10.00. The normalized spacial score (nSPS) is 18.3. The standard InChI is InChI=1S/C14H18Cl2N2O/c1-2-13(18-7-5-17-6-8-18)14(19)10-3-4-11(15)12(16)9-10/h3-4,9,13,17H,2,5-8H2,1H3. The number of carbonyl (C=O) groups is 1. The number of hydrogen-bond donors (Lipinski definition) is 1. The van der Waals surface area contributed by atoms with Crippen molar-refractivity contribution in [2.24, 2.45) is 0 Å². The summed E-state index contributed by atoms with van der Waals surface area (Å²) in [5.41, 5.74) is 0.639. The summed E-state index contributed by atoms with van der Waals surface area (Å²) in [5.74, 6) is 0.128. The van der Waals surface area contributed by atoms with Gasteiger partial charge in [-0.2, -0.15) is 0 Å². The Morgan fingerprint density at radius 1 is 1.32 bits per heavy atom. The van der Waals surface area contributed by atoms with Gasteiger partial charge in [-0.3, -0.25) is 9.69 Å². The maximum absolute atomic E-state index is 12.6. The number of nitrogens with one attached hydrogen (secondary N) is 1. The summed E-state index contributed by atoms with van der Waals surface area (Å²) in [7, 11) is 0. The SMILES string of the molecule is CCC(C(=O)c1ccc(Cl)c(Cl)c1)N1CCNCC1. The molecule has 5 heteroatoms. The van der Waals surface area contributed by atoms with Crippen molar-refractivity contribution in [3.05, 3.63) is 33.8 Å². The Labute approximate surface area is 123 Å². The van der Waals surface area contributed by atoms with E-state index in [-0.39, 0.29) is 11.8 Å². The van der Waals surface area contributed by atoms with E-state index in [4.69, 9.17) is 23.2 Å². The molecule has 0 amide bonds. The van der Waals surface area contributed by atoms with Crippen molar-refractivity contribution in [2.75, 3.05) is 26.2 Å². The fourth-order valence-corrected chi connectivity index (χ4v) is 2.74. The molecule has 1 aromatic carbocycles. The second-order valence-electron chi connectivity index (χ2n) is 4.70. The summed E-state index contributed by atoms with van der Waals surface area (Å²) in [5, 5.41) is 4.21. The number of rotatable bonds is 4. The maximum Gasteiger partial charge on any atom is 0.179 e. The van der Waals surface area contributed by atoms with Gasteiger partial charge in [0.05, 0.1) is 16.1 Å². The highest BCUT2D eigenvalue weighted by Gasteiger charge is 2.26. The third kappa shape index (κ3) is 3.48. The van der Waals surface area contributed by atoms with Crippen molar-refractivity contribution in [3.63, 3.8) is 0 Å². The van der Waals surface area contributed by atoms with E-state index in [1.807, 2.05) is 6.92 Å². The van der Waals surface area contributed by atoms with Crippen molar-refractivity contribution < 1.29 is 4.79 Å². The van der Waals surface area contributed by atoms with Crippen molar-refractivity contribution in [3.8, 4) is 0 Å². The van der Waals surface area contributed by atoms with Gasteiger partial charge in [0.25, 0.3) is 0 Å². The van der Waals surface area contributed by atoms with E-state index in [0.29, 0.717) is 15.6 Å². The van der Waals surface area contributed by atoms with E-state index in [0.717, 1.165) is 32.6 Å². The van der Waals surface area contributed by atoms with Gasteiger partial charge in [0.15, 0.2) is 5.78 Å². The Morgan fingerprint density at radius 3 is 2.58 bits per heavy atom. The number of piperazine rings is 1. The molecule has 1 aromatic rings. The van der Waals surface area contributed by atoms with Crippen molar-refractivity contribution in [2.45, 2.75) is 19.4 Å². The molecule has 0 radical (unpaired) electrons. The monoisotopic (exact) mass is 300 g/mol. The number of carbonyl (C=O) groups excluding carboxylic acids is 1. The summed E-state index contributed by atoms with van der Waals surface area (Å²) >= 11 is 11.9. The van der Waals surface area contributed by atoms with Crippen LogP contribution in [0, 0.1) is 0 Å². The van der Waals surface area contributed by atoms with Crippen LogP contribution in [0.5, 0.6) is 0 Å². The molecule has 104 valence electrons. The minimum absolute atomic E-state index is 0.0701. The Hall–Kier alpha value is -0.610. The topological polar surface area (TPSA) is 32.3 Å². The third-order valence-corrected chi connectivity index (χ3v) is 4.22. The van der Waals surface area contributed by atoms with E-state index in [1.54, 1.807) is 18.2 Å². The van der Waals surface area contributed by atoms with E-state index in [1.165, 1.54) is 0 Å². The smallest absolute Gasteiger partial charge is 0.179 e. The van der Waals surface area contributed by atoms with Crippen LogP contribution in [0.1, 0.15) is 23.7 Å². The van der Waals surface area contributed by atoms with Gasteiger partial charge >= 0.3 is 0 Å². The Morgan fingerprint density at radius 2 is 2.00 bits per heavy atom. The van der Waals surface area contributed by atoms with Crippen molar-refractivity contribution in [1.29, 1.82) is 0 Å². The summed E-state index contributed by atoms with van der Waals surface area (Å²) < 4.78 is 0. The fraction of sp³-hybridized carbons (Fsp3) is 0.500. The van der Waals surface area contributed by atoms with E-state index >= 15 is 0 Å². The number of benzene rings is 1. The molecular weight excluding hydrogens is 283 g/mol. The molecule has 0 aliphatic carbocycles. The highest BCUT2D eigenvalue weighted by Crippen LogP contribution is 2.24. The summed E-state index contributed by atoms with van der Waals surface area (Å²) in [4.78, 5) is 14.8. The molecular formula is C14H18Cl2N2O. The van der Waals surface area contributed by atoms with Gasteiger partial charge < -0.3 is 5.32 Å². The van der Waals surface area contributed by atoms with E-state index in [2.05, 4.69) is 10.2 Å². The minimum atomic E-state index is -0.0701. The number of nitrogens with zero attached hydrogens (tertiary/aromatic N) is 1. The summed E-state index contributed by atoms with van der Waals surface area (Å²) in [6, 6.07) is 5.03. The second-order valence-corrected chi connectivity index (χ2v) is 5.52. The molecule has 1 fully saturated rings. The molecule has 1 aliphatic rings. The lowest BCUT2D eigenvalue weighted by molar-refractivity contribution is 0.0790. The average Bonchev–Trinajstić information content (AvgIpc) is 2.44. The number of ketones is 1. The zero-order valence-corrected chi connectivity index (χ0v) is 12.5. The molecule has 2 rings (SSSR count). The van der Waals surface area contributed by atoms with Crippen LogP contribution in [0.25, 0.3) is 0 Å². The Kier molecular flexibility index (Phi) is 5.22. The minimum Gasteiger partial charge on any atom is -0.314 e. The van der Waals surface area contributed by atoms with Gasteiger partial charge in [0.1, 0.15) is 0 Å². The van der Waals surface area contributed by atoms with Crippen molar-refractivity contribution >= 4 is 29.0 Å². The number of halogens is 2. The fourth-order valence-electron chi connectivity index (χ4n) is 2.45. The molecule has 1 aliphatic heterocycles. The van der Waals surface area contributed by atoms with Crippen LogP contribution >= 0.6 is 23.2 Å². The van der Waals surface area contributed by atoms with Crippen LogP contribution in [0.2, 0.25) is 10.0 Å². The van der Waals surface area contributed by atoms with E-state index in [9.17, 15) is 4.79 Å². The molecule has 1 atom stereocenters. The first-order valence-electron chi connectivity index (χ1n) is 6.57. The molecule has 0 bridgehead atoms. The van der Waals surface area contributed by atoms with Crippen LogP contribution < -0.4 is 5.32 Å². The quantitative estimate of drug-likeness (QED) is 0.868. The highest BCUT2D eigenvalue weighted by molar-refractivity contribution is 6.42. The molecule has 3 nitrogen and oxygen atoms in total. The molecule has 0 saturated carbocycles. The van der Waals surface area contributed by atoms with Crippen molar-refractivity contribution in [1.82, 2.24) is 10.2 Å². The Bertz CT molecular complexity index is 459. The van der Waals surface area contributed by atoms with Crippen LogP contribution in [-0.2, 0) is 0 Å². The largest absolute Gasteiger partial charge is 0.314 e. The molecule has 0 aromatic heterocycles. The van der Waals surface area contributed by atoms with Gasteiger partial charge in [-0.1, -0.05) is 30.1 Å². The lowest BCUT2D eigenvalue weighted by Gasteiger charge is -2.33. The van der Waals surface area contributed by atoms with Gasteiger partial charge in [-0.15, -0.1) is 0 Å². The molecule has 1 N–H and O–H groups in total. The summed E-state index contributed by atoms with van der Waals surface area (Å²) in [6.45, 7) is 5.73.